The van der Waals surface area contributed by atoms with Crippen molar-refractivity contribution in [3.8, 4) is 0 Å². The third-order valence-electron chi connectivity index (χ3n) is 3.06. The standard InChI is InChI=1S/C15H17BrN2/c1-2-11-4-3-5-13(10-11)15(18-17)12-6-8-14(16)9-7-12/h3-10,15,18H,2,17H2,1H3. The molecule has 0 amide bonds. The predicted molar refractivity (Wildman–Crippen MR) is 79.1 cm³/mol. The van der Waals surface area contributed by atoms with Gasteiger partial charge < -0.3 is 0 Å². The Kier molecular flexibility index (Phi) is 4.53. The van der Waals surface area contributed by atoms with Crippen LogP contribution in [0, 0.1) is 0 Å². The lowest BCUT2D eigenvalue weighted by molar-refractivity contribution is 0.636. The first-order valence-corrected chi connectivity index (χ1v) is 6.84. The lowest BCUT2D eigenvalue weighted by atomic mass is 9.97. The average molecular weight is 305 g/mol. The molecule has 0 aliphatic carbocycles. The highest BCUT2D eigenvalue weighted by atomic mass is 79.9. The number of hydrogen-bond donors (Lipinski definition) is 2. The van der Waals surface area contributed by atoms with Crippen LogP contribution in [0.2, 0.25) is 0 Å². The van der Waals surface area contributed by atoms with E-state index in [1.807, 2.05) is 12.1 Å². The molecule has 2 aromatic carbocycles. The largest absolute Gasteiger partial charge is 0.271 e. The Morgan fingerprint density at radius 1 is 1.11 bits per heavy atom. The summed E-state index contributed by atoms with van der Waals surface area (Å²) in [6, 6.07) is 16.8. The molecule has 1 unspecified atom stereocenters. The molecule has 2 nitrogen and oxygen atoms in total. The summed E-state index contributed by atoms with van der Waals surface area (Å²) in [5, 5.41) is 0. The van der Waals surface area contributed by atoms with E-state index in [1.54, 1.807) is 0 Å². The van der Waals surface area contributed by atoms with Crippen LogP contribution in [0.25, 0.3) is 0 Å². The van der Waals surface area contributed by atoms with Gasteiger partial charge in [-0.1, -0.05) is 59.3 Å². The van der Waals surface area contributed by atoms with Crippen LogP contribution in [-0.4, -0.2) is 0 Å². The number of halogens is 1. The van der Waals surface area contributed by atoms with Crippen LogP contribution < -0.4 is 11.3 Å². The number of hydrazine groups is 1. The minimum atomic E-state index is 0.0320. The van der Waals surface area contributed by atoms with Gasteiger partial charge in [-0.3, -0.25) is 5.84 Å². The summed E-state index contributed by atoms with van der Waals surface area (Å²) in [6.07, 6.45) is 1.03. The fraction of sp³-hybridized carbons (Fsp3) is 0.200. The maximum Gasteiger partial charge on any atom is 0.0710 e. The molecular formula is C15H17BrN2. The summed E-state index contributed by atoms with van der Waals surface area (Å²) in [6.45, 7) is 2.16. The number of benzene rings is 2. The molecule has 0 saturated heterocycles. The zero-order valence-corrected chi connectivity index (χ0v) is 11.9. The number of nitrogens with one attached hydrogen (secondary N) is 1. The Morgan fingerprint density at radius 2 is 1.83 bits per heavy atom. The molecule has 0 saturated carbocycles. The van der Waals surface area contributed by atoms with E-state index in [0.29, 0.717) is 0 Å². The fourth-order valence-electron chi connectivity index (χ4n) is 2.03. The van der Waals surface area contributed by atoms with Crippen molar-refractivity contribution in [2.45, 2.75) is 19.4 Å². The Labute approximate surface area is 116 Å². The number of rotatable bonds is 4. The molecule has 18 heavy (non-hydrogen) atoms. The summed E-state index contributed by atoms with van der Waals surface area (Å²) in [5.74, 6) is 5.70. The summed E-state index contributed by atoms with van der Waals surface area (Å²) in [7, 11) is 0. The van der Waals surface area contributed by atoms with Crippen molar-refractivity contribution < 1.29 is 0 Å². The predicted octanol–water partition coefficient (Wildman–Crippen LogP) is 3.56. The van der Waals surface area contributed by atoms with Crippen molar-refractivity contribution in [3.63, 3.8) is 0 Å². The van der Waals surface area contributed by atoms with Crippen LogP contribution in [-0.2, 0) is 6.42 Å². The molecular weight excluding hydrogens is 288 g/mol. The summed E-state index contributed by atoms with van der Waals surface area (Å²) < 4.78 is 1.07. The second kappa shape index (κ2) is 6.14. The molecule has 2 rings (SSSR count). The van der Waals surface area contributed by atoms with E-state index in [4.69, 9.17) is 5.84 Å². The topological polar surface area (TPSA) is 38.0 Å². The zero-order valence-electron chi connectivity index (χ0n) is 10.4. The van der Waals surface area contributed by atoms with E-state index in [9.17, 15) is 0 Å². The van der Waals surface area contributed by atoms with Gasteiger partial charge >= 0.3 is 0 Å². The SMILES string of the molecule is CCc1cccc(C(NN)c2ccc(Br)cc2)c1. The zero-order chi connectivity index (χ0) is 13.0. The molecule has 0 aliphatic heterocycles. The number of nitrogens with two attached hydrogens (primary N) is 1. The van der Waals surface area contributed by atoms with Gasteiger partial charge in [0.15, 0.2) is 0 Å². The van der Waals surface area contributed by atoms with Gasteiger partial charge in [-0.25, -0.2) is 5.43 Å². The highest BCUT2D eigenvalue weighted by Crippen LogP contribution is 2.23. The van der Waals surface area contributed by atoms with Crippen molar-refractivity contribution in [2.75, 3.05) is 0 Å². The first-order valence-electron chi connectivity index (χ1n) is 6.05. The van der Waals surface area contributed by atoms with Gasteiger partial charge in [0.25, 0.3) is 0 Å². The first-order chi connectivity index (χ1) is 8.74. The number of hydrogen-bond acceptors (Lipinski definition) is 2. The Morgan fingerprint density at radius 3 is 2.44 bits per heavy atom. The molecule has 0 spiro atoms. The highest BCUT2D eigenvalue weighted by Gasteiger charge is 2.12. The molecule has 0 bridgehead atoms. The molecule has 0 aliphatic rings. The second-order valence-corrected chi connectivity index (χ2v) is 5.17. The summed E-state index contributed by atoms with van der Waals surface area (Å²) in [4.78, 5) is 0. The van der Waals surface area contributed by atoms with Gasteiger partial charge in [0, 0.05) is 4.47 Å². The Balaban J connectivity index is 2.35. The van der Waals surface area contributed by atoms with Crippen molar-refractivity contribution in [2.24, 2.45) is 5.84 Å². The smallest absolute Gasteiger partial charge is 0.0710 e. The lowest BCUT2D eigenvalue weighted by Crippen LogP contribution is -2.28. The van der Waals surface area contributed by atoms with Gasteiger partial charge in [0.1, 0.15) is 0 Å². The molecule has 3 heteroatoms. The molecule has 1 atom stereocenters. The van der Waals surface area contributed by atoms with Crippen LogP contribution in [0.1, 0.15) is 29.7 Å². The van der Waals surface area contributed by atoms with E-state index < -0.39 is 0 Å². The van der Waals surface area contributed by atoms with Crippen molar-refractivity contribution in [1.29, 1.82) is 0 Å². The molecule has 94 valence electrons. The molecule has 0 radical (unpaired) electrons. The van der Waals surface area contributed by atoms with Crippen LogP contribution in [0.3, 0.4) is 0 Å². The van der Waals surface area contributed by atoms with Crippen molar-refractivity contribution in [1.82, 2.24) is 5.43 Å². The van der Waals surface area contributed by atoms with Crippen LogP contribution in [0.5, 0.6) is 0 Å². The van der Waals surface area contributed by atoms with E-state index in [0.717, 1.165) is 16.5 Å². The average Bonchev–Trinajstić information content (AvgIpc) is 2.42. The monoisotopic (exact) mass is 304 g/mol. The van der Waals surface area contributed by atoms with E-state index in [-0.39, 0.29) is 6.04 Å². The van der Waals surface area contributed by atoms with Crippen LogP contribution in [0.15, 0.2) is 53.0 Å². The van der Waals surface area contributed by atoms with Gasteiger partial charge in [0.05, 0.1) is 6.04 Å². The van der Waals surface area contributed by atoms with Gasteiger partial charge in [0.2, 0.25) is 0 Å². The minimum Gasteiger partial charge on any atom is -0.271 e. The van der Waals surface area contributed by atoms with Crippen LogP contribution >= 0.6 is 15.9 Å². The normalized spacial score (nSPS) is 12.4. The van der Waals surface area contributed by atoms with E-state index >= 15 is 0 Å². The van der Waals surface area contributed by atoms with Gasteiger partial charge in [-0.2, -0.15) is 0 Å². The second-order valence-electron chi connectivity index (χ2n) is 4.25. The molecule has 0 aromatic heterocycles. The van der Waals surface area contributed by atoms with Crippen molar-refractivity contribution in [3.05, 3.63) is 69.7 Å². The van der Waals surface area contributed by atoms with E-state index in [2.05, 4.69) is 64.7 Å². The fourth-order valence-corrected chi connectivity index (χ4v) is 2.30. The third-order valence-corrected chi connectivity index (χ3v) is 3.59. The third kappa shape index (κ3) is 2.99. The van der Waals surface area contributed by atoms with Gasteiger partial charge in [-0.05, 0) is 35.2 Å². The molecule has 0 fully saturated rings. The lowest BCUT2D eigenvalue weighted by Gasteiger charge is -2.17. The quantitative estimate of drug-likeness (QED) is 0.669. The summed E-state index contributed by atoms with van der Waals surface area (Å²) in [5.41, 5.74) is 6.57. The molecule has 0 heterocycles. The van der Waals surface area contributed by atoms with Crippen molar-refractivity contribution >= 4 is 15.9 Å². The molecule has 2 aromatic rings. The Hall–Kier alpha value is -1.16. The minimum absolute atomic E-state index is 0.0320. The maximum absolute atomic E-state index is 5.70. The Bertz CT molecular complexity index is 508. The maximum atomic E-state index is 5.70. The highest BCUT2D eigenvalue weighted by molar-refractivity contribution is 9.10. The number of aryl methyl sites for hydroxylation is 1. The van der Waals surface area contributed by atoms with E-state index in [1.165, 1.54) is 11.1 Å². The first kappa shape index (κ1) is 13.3. The van der Waals surface area contributed by atoms with Gasteiger partial charge in [-0.15, -0.1) is 0 Å². The summed E-state index contributed by atoms with van der Waals surface area (Å²) >= 11 is 3.44. The molecule has 3 N–H and O–H groups in total. The van der Waals surface area contributed by atoms with Crippen LogP contribution in [0.4, 0.5) is 0 Å².